The van der Waals surface area contributed by atoms with E-state index in [4.69, 9.17) is 12.2 Å². The summed E-state index contributed by atoms with van der Waals surface area (Å²) < 4.78 is 0.836. The van der Waals surface area contributed by atoms with Crippen LogP contribution in [0.4, 0.5) is 5.69 Å². The largest absolute Gasteiger partial charge is 0.301 e. The van der Waals surface area contributed by atoms with Crippen molar-refractivity contribution in [1.82, 2.24) is 15.7 Å². The number of thiocarbonyl (C=S) groups is 1. The Kier molecular flexibility index (Phi) is 5.67. The molecule has 2 aromatic rings. The predicted octanol–water partition coefficient (Wildman–Crippen LogP) is 1.62. The summed E-state index contributed by atoms with van der Waals surface area (Å²) >= 11 is 8.43. The van der Waals surface area contributed by atoms with Crippen LogP contribution in [0.5, 0.6) is 0 Å². The van der Waals surface area contributed by atoms with Crippen LogP contribution in [0.3, 0.4) is 0 Å². The number of hydrazone groups is 1. The zero-order chi connectivity index (χ0) is 19.4. The molecular formula is C17H12BrN5O3S. The minimum absolute atomic E-state index is 0.0159. The number of amides is 3. The summed E-state index contributed by atoms with van der Waals surface area (Å²) in [4.78, 5) is 41.8. The van der Waals surface area contributed by atoms with Crippen molar-refractivity contribution in [2.24, 2.45) is 11.0 Å². The molecule has 0 unspecified atom stereocenters. The standard InChI is InChI=1S/C17H12BrN5O3S/c18-11-1-3-12(4-2-11)23-16(26)13(15(25)21-17(23)27)9-20-22-14(24)10-5-7-19-8-6-10/h1-9,13H,(H,22,24)(H,21,25,27)/b20-9-/t13-/m1/s1. The van der Waals surface area contributed by atoms with Gasteiger partial charge in [-0.15, -0.1) is 0 Å². The van der Waals surface area contributed by atoms with Crippen LogP contribution in [0, 0.1) is 5.92 Å². The molecule has 3 amide bonds. The van der Waals surface area contributed by atoms with E-state index in [2.05, 4.69) is 36.8 Å². The average Bonchev–Trinajstić information content (AvgIpc) is 2.66. The molecule has 0 bridgehead atoms. The summed E-state index contributed by atoms with van der Waals surface area (Å²) in [7, 11) is 0. The number of hydrogen-bond donors (Lipinski definition) is 2. The molecule has 0 saturated carbocycles. The van der Waals surface area contributed by atoms with E-state index in [9.17, 15) is 14.4 Å². The Bertz CT molecular complexity index is 933. The number of pyridine rings is 1. The average molecular weight is 446 g/mol. The van der Waals surface area contributed by atoms with E-state index in [0.29, 0.717) is 11.3 Å². The van der Waals surface area contributed by atoms with Gasteiger partial charge in [0.1, 0.15) is 0 Å². The molecule has 1 atom stereocenters. The maximum Gasteiger partial charge on any atom is 0.271 e. The number of nitrogens with one attached hydrogen (secondary N) is 2. The second-order valence-electron chi connectivity index (χ2n) is 5.38. The molecule has 0 radical (unpaired) electrons. The van der Waals surface area contributed by atoms with Crippen LogP contribution in [0.2, 0.25) is 0 Å². The number of anilines is 1. The topological polar surface area (TPSA) is 104 Å². The maximum atomic E-state index is 12.7. The van der Waals surface area contributed by atoms with Gasteiger partial charge in [0.15, 0.2) is 11.0 Å². The fourth-order valence-corrected chi connectivity index (χ4v) is 2.86. The number of rotatable bonds is 4. The van der Waals surface area contributed by atoms with Gasteiger partial charge in [-0.05, 0) is 48.6 Å². The summed E-state index contributed by atoms with van der Waals surface area (Å²) in [6.45, 7) is 0. The van der Waals surface area contributed by atoms with E-state index in [1.807, 2.05) is 0 Å². The lowest BCUT2D eigenvalue weighted by Gasteiger charge is -2.30. The molecule has 1 aromatic heterocycles. The number of halogens is 1. The molecule has 8 nitrogen and oxygen atoms in total. The zero-order valence-corrected chi connectivity index (χ0v) is 16.0. The lowest BCUT2D eigenvalue weighted by Crippen LogP contribution is -2.58. The third-order valence-electron chi connectivity index (χ3n) is 3.62. The molecule has 1 aromatic carbocycles. The molecule has 1 saturated heterocycles. The Hall–Kier alpha value is -2.98. The third-order valence-corrected chi connectivity index (χ3v) is 4.43. The number of nitrogens with zero attached hydrogens (tertiary/aromatic N) is 3. The van der Waals surface area contributed by atoms with E-state index in [0.717, 1.165) is 10.7 Å². The molecule has 0 aliphatic carbocycles. The lowest BCUT2D eigenvalue weighted by molar-refractivity contribution is -0.130. The van der Waals surface area contributed by atoms with Gasteiger partial charge in [0.2, 0.25) is 5.91 Å². The molecule has 1 aliphatic heterocycles. The SMILES string of the molecule is O=C(N/N=C\[C@@H]1C(=O)NC(=S)N(c2ccc(Br)cc2)C1=O)c1ccncc1. The van der Waals surface area contributed by atoms with Crippen LogP contribution in [-0.2, 0) is 9.59 Å². The number of carbonyl (C=O) groups excluding carboxylic acids is 3. The van der Waals surface area contributed by atoms with Crippen LogP contribution < -0.4 is 15.6 Å². The van der Waals surface area contributed by atoms with Gasteiger partial charge in [-0.2, -0.15) is 5.10 Å². The van der Waals surface area contributed by atoms with E-state index < -0.39 is 23.6 Å². The van der Waals surface area contributed by atoms with Gasteiger partial charge >= 0.3 is 0 Å². The first-order valence-corrected chi connectivity index (χ1v) is 8.85. The Balaban J connectivity index is 1.75. The first kappa shape index (κ1) is 18.8. The highest BCUT2D eigenvalue weighted by Gasteiger charge is 2.38. The van der Waals surface area contributed by atoms with Crippen molar-refractivity contribution in [1.29, 1.82) is 0 Å². The van der Waals surface area contributed by atoms with Gasteiger partial charge in [-0.1, -0.05) is 15.9 Å². The number of hydrogen-bond acceptors (Lipinski definition) is 6. The molecule has 0 spiro atoms. The Morgan fingerprint density at radius 2 is 1.89 bits per heavy atom. The number of carbonyl (C=O) groups is 3. The molecule has 3 rings (SSSR count). The summed E-state index contributed by atoms with van der Waals surface area (Å²) in [5, 5.41) is 6.19. The molecule has 1 aliphatic rings. The van der Waals surface area contributed by atoms with E-state index >= 15 is 0 Å². The third kappa shape index (κ3) is 4.23. The monoisotopic (exact) mass is 445 g/mol. The normalized spacial score (nSPS) is 17.1. The van der Waals surface area contributed by atoms with Crippen molar-refractivity contribution >= 4 is 62.9 Å². The minimum atomic E-state index is -1.22. The summed E-state index contributed by atoms with van der Waals surface area (Å²) in [5.41, 5.74) is 3.13. The lowest BCUT2D eigenvalue weighted by atomic mass is 10.1. The first-order valence-electron chi connectivity index (χ1n) is 7.65. The smallest absolute Gasteiger partial charge is 0.271 e. The molecule has 2 heterocycles. The van der Waals surface area contributed by atoms with E-state index in [-0.39, 0.29) is 5.11 Å². The van der Waals surface area contributed by atoms with Crippen molar-refractivity contribution < 1.29 is 14.4 Å². The fourth-order valence-electron chi connectivity index (χ4n) is 2.29. The van der Waals surface area contributed by atoms with Crippen LogP contribution >= 0.6 is 28.1 Å². The van der Waals surface area contributed by atoms with Crippen molar-refractivity contribution in [3.63, 3.8) is 0 Å². The van der Waals surface area contributed by atoms with Gasteiger partial charge in [0, 0.05) is 28.6 Å². The summed E-state index contributed by atoms with van der Waals surface area (Å²) in [5.74, 6) is -2.89. The predicted molar refractivity (Wildman–Crippen MR) is 106 cm³/mol. The van der Waals surface area contributed by atoms with Crippen LogP contribution in [0.15, 0.2) is 58.4 Å². The van der Waals surface area contributed by atoms with Gasteiger partial charge in [-0.25, -0.2) is 5.43 Å². The molecule has 27 heavy (non-hydrogen) atoms. The van der Waals surface area contributed by atoms with Crippen LogP contribution in [0.1, 0.15) is 10.4 Å². The Labute approximate surface area is 167 Å². The molecule has 1 fully saturated rings. The van der Waals surface area contributed by atoms with Gasteiger partial charge < -0.3 is 5.32 Å². The zero-order valence-electron chi connectivity index (χ0n) is 13.6. The minimum Gasteiger partial charge on any atom is -0.301 e. The second-order valence-corrected chi connectivity index (χ2v) is 6.68. The van der Waals surface area contributed by atoms with Crippen molar-refractivity contribution in [2.75, 3.05) is 4.90 Å². The van der Waals surface area contributed by atoms with E-state index in [1.54, 1.807) is 24.3 Å². The highest BCUT2D eigenvalue weighted by atomic mass is 79.9. The molecule has 10 heteroatoms. The van der Waals surface area contributed by atoms with Crippen molar-refractivity contribution in [3.8, 4) is 0 Å². The number of aromatic nitrogens is 1. The van der Waals surface area contributed by atoms with Gasteiger partial charge in [0.25, 0.3) is 11.8 Å². The molecule has 136 valence electrons. The van der Waals surface area contributed by atoms with Crippen molar-refractivity contribution in [3.05, 3.63) is 58.8 Å². The highest BCUT2D eigenvalue weighted by Crippen LogP contribution is 2.22. The maximum absolute atomic E-state index is 12.7. The van der Waals surface area contributed by atoms with Gasteiger partial charge in [-0.3, -0.25) is 24.3 Å². The highest BCUT2D eigenvalue weighted by molar-refractivity contribution is 9.10. The quantitative estimate of drug-likeness (QED) is 0.322. The Morgan fingerprint density at radius 1 is 1.22 bits per heavy atom. The molecule has 2 N–H and O–H groups in total. The van der Waals surface area contributed by atoms with E-state index in [1.165, 1.54) is 29.4 Å². The second kappa shape index (κ2) is 8.14. The van der Waals surface area contributed by atoms with Crippen LogP contribution in [-0.4, -0.2) is 34.0 Å². The first-order chi connectivity index (χ1) is 13.0. The number of benzene rings is 1. The van der Waals surface area contributed by atoms with Crippen LogP contribution in [0.25, 0.3) is 0 Å². The fraction of sp³-hybridized carbons (Fsp3) is 0.0588. The summed E-state index contributed by atoms with van der Waals surface area (Å²) in [6.07, 6.45) is 4.01. The molecular weight excluding hydrogens is 434 g/mol. The Morgan fingerprint density at radius 3 is 2.56 bits per heavy atom. The van der Waals surface area contributed by atoms with Gasteiger partial charge in [0.05, 0.1) is 5.69 Å². The van der Waals surface area contributed by atoms with Crippen molar-refractivity contribution in [2.45, 2.75) is 0 Å². The summed E-state index contributed by atoms with van der Waals surface area (Å²) in [6, 6.07) is 9.89.